The Kier molecular flexibility index (Phi) is 12.1. The molecule has 0 radical (unpaired) electrons. The maximum absolute atomic E-state index is 10.4. The zero-order chi connectivity index (χ0) is 13.2. The van der Waals surface area contributed by atoms with E-state index in [-0.39, 0.29) is 19.6 Å². The molecule has 2 unspecified atom stereocenters. The number of unbranched alkanes of at least 4 members (excludes halogenated alkanes) is 1. The van der Waals surface area contributed by atoms with Gasteiger partial charge in [0.1, 0.15) is 5.40 Å². The number of rotatable bonds is 6. The summed E-state index contributed by atoms with van der Waals surface area (Å²) in [7, 11) is -7.44. The van der Waals surface area contributed by atoms with Crippen LogP contribution in [-0.4, -0.2) is 43.5 Å². The van der Waals surface area contributed by atoms with E-state index in [1.807, 2.05) is 0 Å². The Labute approximate surface area is 95.2 Å². The SMILES string of the molecule is CCC([PH](=O)O)P(=O)(O)O.OCCCCO. The lowest BCUT2D eigenvalue weighted by molar-refractivity contribution is 0.242. The molecule has 0 aromatic heterocycles. The van der Waals surface area contributed by atoms with Gasteiger partial charge in [0.25, 0.3) is 0 Å². The van der Waals surface area contributed by atoms with Crippen molar-refractivity contribution >= 4 is 15.6 Å². The molecule has 0 amide bonds. The van der Waals surface area contributed by atoms with Crippen LogP contribution in [0.4, 0.5) is 0 Å². The normalized spacial score (nSPS) is 14.9. The molecule has 0 rings (SSSR count). The summed E-state index contributed by atoms with van der Waals surface area (Å²) >= 11 is 0. The number of hydrogen-bond acceptors (Lipinski definition) is 4. The molecule has 0 aromatic rings. The third-order valence-corrected chi connectivity index (χ3v) is 5.47. The first-order chi connectivity index (χ1) is 7.31. The molecule has 9 heteroatoms. The van der Waals surface area contributed by atoms with Crippen molar-refractivity contribution in [2.45, 2.75) is 31.6 Å². The number of aliphatic hydroxyl groups is 2. The highest BCUT2D eigenvalue weighted by molar-refractivity contribution is 7.65. The first-order valence-corrected chi connectivity index (χ1v) is 7.92. The van der Waals surface area contributed by atoms with Crippen LogP contribution in [0.1, 0.15) is 26.2 Å². The molecule has 0 heterocycles. The largest absolute Gasteiger partial charge is 0.396 e. The lowest BCUT2D eigenvalue weighted by atomic mass is 10.3. The van der Waals surface area contributed by atoms with E-state index < -0.39 is 21.0 Å². The molecule has 0 saturated heterocycles. The van der Waals surface area contributed by atoms with Crippen LogP contribution in [-0.2, 0) is 9.13 Å². The summed E-state index contributed by atoms with van der Waals surface area (Å²) in [5.74, 6) is 0. The Morgan fingerprint density at radius 3 is 1.62 bits per heavy atom. The molecule has 7 nitrogen and oxygen atoms in total. The van der Waals surface area contributed by atoms with Crippen LogP contribution in [0.15, 0.2) is 0 Å². The Bertz CT molecular complexity index is 223. The average Bonchev–Trinajstić information content (AvgIpc) is 2.13. The van der Waals surface area contributed by atoms with E-state index >= 15 is 0 Å². The predicted octanol–water partition coefficient (Wildman–Crippen LogP) is 0.118. The van der Waals surface area contributed by atoms with Gasteiger partial charge in [-0.25, -0.2) is 0 Å². The molecule has 0 fully saturated rings. The third kappa shape index (κ3) is 10.8. The fraction of sp³-hybridized carbons (Fsp3) is 1.00. The van der Waals surface area contributed by atoms with Gasteiger partial charge in [0.2, 0.25) is 8.03 Å². The van der Waals surface area contributed by atoms with Gasteiger partial charge in [-0.15, -0.1) is 0 Å². The minimum Gasteiger partial charge on any atom is -0.396 e. The monoisotopic (exact) mass is 278 g/mol. The van der Waals surface area contributed by atoms with E-state index in [4.69, 9.17) is 24.9 Å². The first-order valence-electron chi connectivity index (χ1n) is 4.80. The molecular weight excluding hydrogens is 258 g/mol. The van der Waals surface area contributed by atoms with Gasteiger partial charge in [-0.3, -0.25) is 9.13 Å². The highest BCUT2D eigenvalue weighted by Crippen LogP contribution is 2.53. The van der Waals surface area contributed by atoms with Crippen molar-refractivity contribution < 1.29 is 34.0 Å². The maximum atomic E-state index is 10.4. The Hall–Kier alpha value is 0.260. The quantitative estimate of drug-likeness (QED) is 0.344. The molecule has 100 valence electrons. The number of aliphatic hydroxyl groups excluding tert-OH is 2. The molecule has 2 atom stereocenters. The van der Waals surface area contributed by atoms with Crippen molar-refractivity contribution in [3.05, 3.63) is 0 Å². The molecule has 16 heavy (non-hydrogen) atoms. The standard InChI is InChI=1S/C4H10O2.C3H10O5P2/c5-3-1-2-4-6;1-2-3(9(4)5)10(6,7)8/h5-6H,1-4H2;3,9H,2H2,1H3,(H,4,5)(H2,6,7,8). The second-order valence-electron chi connectivity index (χ2n) is 3.01. The fourth-order valence-corrected chi connectivity index (χ4v) is 2.76. The van der Waals surface area contributed by atoms with Gasteiger partial charge in [0.05, 0.1) is 0 Å². The van der Waals surface area contributed by atoms with Crippen LogP contribution in [0, 0.1) is 0 Å². The summed E-state index contributed by atoms with van der Waals surface area (Å²) in [5, 5.41) is 14.8. The van der Waals surface area contributed by atoms with E-state index in [1.54, 1.807) is 0 Å². The molecule has 0 aromatic carbocycles. The van der Waals surface area contributed by atoms with E-state index in [2.05, 4.69) is 0 Å². The fourth-order valence-electron chi connectivity index (χ4n) is 0.780. The van der Waals surface area contributed by atoms with Gasteiger partial charge < -0.3 is 24.9 Å². The molecule has 0 aliphatic heterocycles. The van der Waals surface area contributed by atoms with Gasteiger partial charge >= 0.3 is 7.60 Å². The molecular formula is C7H20O7P2. The lowest BCUT2D eigenvalue weighted by Gasteiger charge is -2.11. The minimum atomic E-state index is -4.35. The van der Waals surface area contributed by atoms with Gasteiger partial charge in [0, 0.05) is 13.2 Å². The van der Waals surface area contributed by atoms with Crippen molar-refractivity contribution in [2.24, 2.45) is 0 Å². The molecule has 5 N–H and O–H groups in total. The van der Waals surface area contributed by atoms with Gasteiger partial charge in [-0.1, -0.05) is 6.92 Å². The minimum absolute atomic E-state index is 0.0264. The smallest absolute Gasteiger partial charge is 0.337 e. The first kappa shape index (κ1) is 18.6. The zero-order valence-electron chi connectivity index (χ0n) is 9.11. The summed E-state index contributed by atoms with van der Waals surface area (Å²) in [4.78, 5) is 25.3. The van der Waals surface area contributed by atoms with Crippen LogP contribution in [0.3, 0.4) is 0 Å². The van der Waals surface area contributed by atoms with Crippen molar-refractivity contribution in [3.8, 4) is 0 Å². The molecule has 0 saturated carbocycles. The van der Waals surface area contributed by atoms with Crippen LogP contribution in [0.25, 0.3) is 0 Å². The summed E-state index contributed by atoms with van der Waals surface area (Å²) in [6, 6.07) is 0. The highest BCUT2D eigenvalue weighted by atomic mass is 31.2. The van der Waals surface area contributed by atoms with Crippen molar-refractivity contribution in [3.63, 3.8) is 0 Å². The third-order valence-electron chi connectivity index (χ3n) is 1.64. The van der Waals surface area contributed by atoms with Crippen molar-refractivity contribution in [2.75, 3.05) is 13.2 Å². The summed E-state index contributed by atoms with van der Waals surface area (Å²) < 4.78 is 20.6. The Morgan fingerprint density at radius 2 is 1.56 bits per heavy atom. The number of hydrogen-bond donors (Lipinski definition) is 5. The van der Waals surface area contributed by atoms with Gasteiger partial charge in [-0.05, 0) is 19.3 Å². The predicted molar refractivity (Wildman–Crippen MR) is 60.7 cm³/mol. The molecule has 0 aliphatic rings. The second-order valence-corrected chi connectivity index (χ2v) is 6.67. The van der Waals surface area contributed by atoms with E-state index in [9.17, 15) is 9.13 Å². The van der Waals surface area contributed by atoms with Crippen LogP contribution >= 0.6 is 15.6 Å². The van der Waals surface area contributed by atoms with E-state index in [0.717, 1.165) is 12.8 Å². The van der Waals surface area contributed by atoms with Crippen LogP contribution in [0.2, 0.25) is 0 Å². The van der Waals surface area contributed by atoms with Crippen molar-refractivity contribution in [1.29, 1.82) is 0 Å². The highest BCUT2D eigenvalue weighted by Gasteiger charge is 2.31. The maximum Gasteiger partial charge on any atom is 0.337 e. The topological polar surface area (TPSA) is 135 Å². The summed E-state index contributed by atoms with van der Waals surface area (Å²) in [6.07, 6.45) is 1.46. The molecule has 0 aliphatic carbocycles. The molecule has 0 bridgehead atoms. The summed E-state index contributed by atoms with van der Waals surface area (Å²) in [6.45, 7) is 1.85. The summed E-state index contributed by atoms with van der Waals surface area (Å²) in [5.41, 5.74) is 0. The zero-order valence-corrected chi connectivity index (χ0v) is 11.0. The van der Waals surface area contributed by atoms with E-state index in [1.165, 1.54) is 6.92 Å². The Balaban J connectivity index is 0. The average molecular weight is 278 g/mol. The van der Waals surface area contributed by atoms with Crippen molar-refractivity contribution in [1.82, 2.24) is 0 Å². The van der Waals surface area contributed by atoms with Gasteiger partial charge in [0.15, 0.2) is 0 Å². The lowest BCUT2D eigenvalue weighted by Crippen LogP contribution is -2.00. The molecule has 0 spiro atoms. The van der Waals surface area contributed by atoms with Crippen LogP contribution in [0.5, 0.6) is 0 Å². The van der Waals surface area contributed by atoms with E-state index in [0.29, 0.717) is 0 Å². The second kappa shape index (κ2) is 10.4. The van der Waals surface area contributed by atoms with Gasteiger partial charge in [-0.2, -0.15) is 0 Å². The Morgan fingerprint density at radius 1 is 1.19 bits per heavy atom. The van der Waals surface area contributed by atoms with Crippen LogP contribution < -0.4 is 0 Å².